The number of hydrogen-bond acceptors (Lipinski definition) is 3. The van der Waals surface area contributed by atoms with E-state index in [2.05, 4.69) is 38.2 Å². The number of morpholine rings is 1. The van der Waals surface area contributed by atoms with Crippen LogP contribution in [0.2, 0.25) is 0 Å². The van der Waals surface area contributed by atoms with Gasteiger partial charge in [-0.2, -0.15) is 0 Å². The number of rotatable bonds is 2. The van der Waals surface area contributed by atoms with Crippen molar-refractivity contribution in [2.24, 2.45) is 0 Å². The van der Waals surface area contributed by atoms with Crippen LogP contribution in [0.15, 0.2) is 24.3 Å². The van der Waals surface area contributed by atoms with Crippen LogP contribution in [0, 0.1) is 0 Å². The van der Waals surface area contributed by atoms with Gasteiger partial charge in [-0.25, -0.2) is 0 Å². The molecule has 0 amide bonds. The van der Waals surface area contributed by atoms with Crippen LogP contribution in [0.5, 0.6) is 5.75 Å². The third kappa shape index (κ3) is 3.72. The first-order valence-corrected chi connectivity index (χ1v) is 6.16. The molecule has 1 unspecified atom stereocenters. The Bertz CT molecular complexity index is 347. The van der Waals surface area contributed by atoms with Crippen molar-refractivity contribution in [3.8, 4) is 5.75 Å². The quantitative estimate of drug-likeness (QED) is 0.854. The van der Waals surface area contributed by atoms with Crippen LogP contribution in [0.3, 0.4) is 0 Å². The second kappa shape index (κ2) is 5.07. The Morgan fingerprint density at radius 1 is 1.24 bits per heavy atom. The first kappa shape index (κ1) is 12.4. The second-order valence-electron chi connectivity index (χ2n) is 5.35. The highest BCUT2D eigenvalue weighted by Gasteiger charge is 2.16. The third-order valence-electron chi connectivity index (χ3n) is 2.60. The van der Waals surface area contributed by atoms with Gasteiger partial charge in [-0.1, -0.05) is 12.1 Å². The van der Waals surface area contributed by atoms with Crippen molar-refractivity contribution in [3.63, 3.8) is 0 Å². The molecule has 0 saturated carbocycles. The summed E-state index contributed by atoms with van der Waals surface area (Å²) in [6.07, 6.45) is 0.174. The van der Waals surface area contributed by atoms with Crippen LogP contribution < -0.4 is 10.1 Å². The Kier molecular flexibility index (Phi) is 3.69. The topological polar surface area (TPSA) is 30.5 Å². The molecule has 1 N–H and O–H groups in total. The summed E-state index contributed by atoms with van der Waals surface area (Å²) in [6, 6.07) is 8.19. The molecule has 0 aromatic heterocycles. The lowest BCUT2D eigenvalue weighted by Gasteiger charge is -2.25. The number of nitrogens with one attached hydrogen (secondary N) is 1. The maximum Gasteiger partial charge on any atom is 0.120 e. The van der Waals surface area contributed by atoms with E-state index in [1.54, 1.807) is 0 Å². The number of benzene rings is 1. The van der Waals surface area contributed by atoms with Gasteiger partial charge in [0.25, 0.3) is 0 Å². The average Bonchev–Trinajstić information content (AvgIpc) is 2.29. The molecule has 94 valence electrons. The molecule has 1 aromatic carbocycles. The molecule has 1 aliphatic heterocycles. The molecule has 1 fully saturated rings. The Hall–Kier alpha value is -1.06. The molecule has 1 aromatic rings. The zero-order valence-electron chi connectivity index (χ0n) is 10.8. The van der Waals surface area contributed by atoms with Crippen LogP contribution in [0.1, 0.15) is 32.4 Å². The van der Waals surface area contributed by atoms with Crippen molar-refractivity contribution >= 4 is 0 Å². The first-order valence-electron chi connectivity index (χ1n) is 6.16. The molecule has 0 aliphatic carbocycles. The molecule has 1 saturated heterocycles. The van der Waals surface area contributed by atoms with E-state index in [4.69, 9.17) is 9.47 Å². The fourth-order valence-electron chi connectivity index (χ4n) is 1.88. The van der Waals surface area contributed by atoms with Gasteiger partial charge in [0.2, 0.25) is 0 Å². The van der Waals surface area contributed by atoms with E-state index in [0.29, 0.717) is 0 Å². The molecule has 2 rings (SSSR count). The lowest BCUT2D eigenvalue weighted by molar-refractivity contribution is 0.0276. The monoisotopic (exact) mass is 235 g/mol. The number of ether oxygens (including phenoxy) is 2. The highest BCUT2D eigenvalue weighted by molar-refractivity contribution is 5.29. The minimum absolute atomic E-state index is 0.148. The summed E-state index contributed by atoms with van der Waals surface area (Å²) in [5.74, 6) is 0.907. The zero-order chi connectivity index (χ0) is 12.3. The zero-order valence-corrected chi connectivity index (χ0v) is 10.8. The van der Waals surface area contributed by atoms with Gasteiger partial charge >= 0.3 is 0 Å². The third-order valence-corrected chi connectivity index (χ3v) is 2.60. The van der Waals surface area contributed by atoms with Crippen LogP contribution in [0.4, 0.5) is 0 Å². The summed E-state index contributed by atoms with van der Waals surface area (Å²) in [5.41, 5.74) is 1.06. The van der Waals surface area contributed by atoms with Crippen molar-refractivity contribution in [3.05, 3.63) is 29.8 Å². The maximum absolute atomic E-state index is 5.79. The van der Waals surface area contributed by atoms with E-state index in [1.165, 1.54) is 5.56 Å². The van der Waals surface area contributed by atoms with E-state index in [0.717, 1.165) is 25.4 Å². The molecule has 0 spiro atoms. The molecule has 1 heterocycles. The highest BCUT2D eigenvalue weighted by Crippen LogP contribution is 2.23. The summed E-state index contributed by atoms with van der Waals surface area (Å²) in [5, 5.41) is 3.33. The molecule has 17 heavy (non-hydrogen) atoms. The van der Waals surface area contributed by atoms with Crippen LogP contribution in [-0.2, 0) is 4.74 Å². The van der Waals surface area contributed by atoms with Gasteiger partial charge in [-0.3, -0.25) is 0 Å². The second-order valence-corrected chi connectivity index (χ2v) is 5.35. The van der Waals surface area contributed by atoms with Crippen LogP contribution in [0.25, 0.3) is 0 Å². The minimum atomic E-state index is -0.148. The summed E-state index contributed by atoms with van der Waals surface area (Å²) in [4.78, 5) is 0. The normalized spacial score (nSPS) is 21.2. The van der Waals surface area contributed by atoms with Crippen molar-refractivity contribution in [2.45, 2.75) is 32.5 Å². The average molecular weight is 235 g/mol. The van der Waals surface area contributed by atoms with Gasteiger partial charge in [0, 0.05) is 13.1 Å². The van der Waals surface area contributed by atoms with Gasteiger partial charge in [0.05, 0.1) is 12.7 Å². The predicted octanol–water partition coefficient (Wildman–Crippen LogP) is 2.52. The van der Waals surface area contributed by atoms with Crippen molar-refractivity contribution < 1.29 is 9.47 Å². The fourth-order valence-corrected chi connectivity index (χ4v) is 1.88. The van der Waals surface area contributed by atoms with Gasteiger partial charge in [0.15, 0.2) is 0 Å². The molecular formula is C14H21NO2. The summed E-state index contributed by atoms with van der Waals surface area (Å²) < 4.78 is 11.5. The minimum Gasteiger partial charge on any atom is -0.488 e. The van der Waals surface area contributed by atoms with E-state index in [1.807, 2.05) is 12.1 Å². The first-order chi connectivity index (χ1) is 8.04. The smallest absolute Gasteiger partial charge is 0.120 e. The van der Waals surface area contributed by atoms with Crippen LogP contribution >= 0.6 is 0 Å². The molecule has 0 bridgehead atoms. The highest BCUT2D eigenvalue weighted by atomic mass is 16.5. The van der Waals surface area contributed by atoms with Crippen LogP contribution in [-0.4, -0.2) is 25.3 Å². The van der Waals surface area contributed by atoms with Gasteiger partial charge in [0.1, 0.15) is 11.4 Å². The fraction of sp³-hybridized carbons (Fsp3) is 0.571. The molecule has 0 radical (unpaired) electrons. The maximum atomic E-state index is 5.79. The van der Waals surface area contributed by atoms with E-state index in [9.17, 15) is 0 Å². The van der Waals surface area contributed by atoms with Crippen molar-refractivity contribution in [1.82, 2.24) is 5.32 Å². The van der Waals surface area contributed by atoms with Crippen molar-refractivity contribution in [1.29, 1.82) is 0 Å². The molecule has 1 atom stereocenters. The van der Waals surface area contributed by atoms with Gasteiger partial charge in [-0.05, 0) is 38.5 Å². The van der Waals surface area contributed by atoms with Gasteiger partial charge in [-0.15, -0.1) is 0 Å². The Morgan fingerprint density at radius 3 is 2.47 bits per heavy atom. The van der Waals surface area contributed by atoms with Crippen molar-refractivity contribution in [2.75, 3.05) is 19.7 Å². The summed E-state index contributed by atoms with van der Waals surface area (Å²) in [6.45, 7) is 8.77. The largest absolute Gasteiger partial charge is 0.488 e. The molecule has 1 aliphatic rings. The van der Waals surface area contributed by atoms with Gasteiger partial charge < -0.3 is 14.8 Å². The SMILES string of the molecule is CC(C)(C)Oc1ccc(C2CNCCO2)cc1. The summed E-state index contributed by atoms with van der Waals surface area (Å²) >= 11 is 0. The van der Waals surface area contributed by atoms with E-state index >= 15 is 0 Å². The number of hydrogen-bond donors (Lipinski definition) is 1. The molecule has 3 heteroatoms. The Balaban J connectivity index is 2.02. The Labute approximate surface area is 103 Å². The lowest BCUT2D eigenvalue weighted by Crippen LogP contribution is -2.33. The Morgan fingerprint density at radius 2 is 1.94 bits per heavy atom. The standard InChI is InChI=1S/C14H21NO2/c1-14(2,3)17-12-6-4-11(5-7-12)13-10-15-8-9-16-13/h4-7,13,15H,8-10H2,1-3H3. The predicted molar refractivity (Wildman–Crippen MR) is 68.4 cm³/mol. The molecular weight excluding hydrogens is 214 g/mol. The lowest BCUT2D eigenvalue weighted by atomic mass is 10.1. The van der Waals surface area contributed by atoms with E-state index in [-0.39, 0.29) is 11.7 Å². The molecule has 3 nitrogen and oxygen atoms in total. The summed E-state index contributed by atoms with van der Waals surface area (Å²) in [7, 11) is 0. The van der Waals surface area contributed by atoms with E-state index < -0.39 is 0 Å².